The summed E-state index contributed by atoms with van der Waals surface area (Å²) in [5, 5.41) is 3.99. The van der Waals surface area contributed by atoms with Gasteiger partial charge in [0.05, 0.1) is 0 Å². The van der Waals surface area contributed by atoms with Gasteiger partial charge in [-0.05, 0) is 37.1 Å². The molecular weight excluding hydrogens is 194 g/mol. The van der Waals surface area contributed by atoms with Gasteiger partial charge in [0.15, 0.2) is 0 Å². The van der Waals surface area contributed by atoms with Crippen LogP contribution in [0.4, 0.5) is 0 Å². The number of rotatable bonds is 3. The molecule has 0 aromatic heterocycles. The van der Waals surface area contributed by atoms with E-state index in [0.29, 0.717) is 16.8 Å². The first-order valence-electron chi connectivity index (χ1n) is 5.76. The molecule has 1 saturated carbocycles. The van der Waals surface area contributed by atoms with E-state index in [4.69, 9.17) is 11.6 Å². The molecule has 2 atom stereocenters. The zero-order chi connectivity index (χ0) is 10.8. The number of hydrogen-bond acceptors (Lipinski definition) is 1. The largest absolute Gasteiger partial charge is 0.314 e. The molecule has 0 bridgehead atoms. The van der Waals surface area contributed by atoms with E-state index in [1.807, 2.05) is 0 Å². The van der Waals surface area contributed by atoms with Crippen LogP contribution in [0, 0.1) is 11.3 Å². The van der Waals surface area contributed by atoms with Crippen LogP contribution >= 0.6 is 11.6 Å². The molecule has 1 N–H and O–H groups in total. The summed E-state index contributed by atoms with van der Waals surface area (Å²) >= 11 is 6.27. The van der Waals surface area contributed by atoms with Gasteiger partial charge in [0.1, 0.15) is 0 Å². The molecule has 1 aliphatic rings. The van der Waals surface area contributed by atoms with Crippen molar-refractivity contribution in [2.75, 3.05) is 6.54 Å². The van der Waals surface area contributed by atoms with Gasteiger partial charge in [-0.15, -0.1) is 11.6 Å². The second-order valence-electron chi connectivity index (χ2n) is 5.90. The van der Waals surface area contributed by atoms with Crippen LogP contribution in [0.5, 0.6) is 0 Å². The van der Waals surface area contributed by atoms with Crippen molar-refractivity contribution in [2.45, 2.75) is 58.4 Å². The maximum absolute atomic E-state index is 6.27. The number of hydrogen-bond donors (Lipinski definition) is 1. The van der Waals surface area contributed by atoms with E-state index >= 15 is 0 Å². The molecule has 0 saturated heterocycles. The summed E-state index contributed by atoms with van der Waals surface area (Å²) in [6.45, 7) is 10.3. The molecule has 0 aromatic carbocycles. The summed E-state index contributed by atoms with van der Waals surface area (Å²) in [5.41, 5.74) is 0.416. The molecule has 0 aromatic rings. The van der Waals surface area contributed by atoms with Gasteiger partial charge in [-0.25, -0.2) is 0 Å². The van der Waals surface area contributed by atoms with Gasteiger partial charge in [-0.3, -0.25) is 0 Å². The van der Waals surface area contributed by atoms with Crippen molar-refractivity contribution in [1.82, 2.24) is 5.32 Å². The average molecular weight is 218 g/mol. The third-order valence-electron chi connectivity index (χ3n) is 2.93. The molecule has 14 heavy (non-hydrogen) atoms. The van der Waals surface area contributed by atoms with Crippen LogP contribution in [0.25, 0.3) is 0 Å². The highest BCUT2D eigenvalue weighted by atomic mass is 35.5. The molecule has 0 aliphatic heterocycles. The Balaban J connectivity index is 2.38. The first-order valence-corrected chi connectivity index (χ1v) is 6.20. The maximum atomic E-state index is 6.27. The van der Waals surface area contributed by atoms with Crippen molar-refractivity contribution in [3.63, 3.8) is 0 Å². The molecule has 0 heterocycles. The van der Waals surface area contributed by atoms with Gasteiger partial charge < -0.3 is 5.32 Å². The van der Waals surface area contributed by atoms with Crippen molar-refractivity contribution in [2.24, 2.45) is 11.3 Å². The number of halogens is 1. The van der Waals surface area contributed by atoms with E-state index in [1.165, 1.54) is 6.42 Å². The van der Waals surface area contributed by atoms with Crippen LogP contribution in [0.15, 0.2) is 0 Å². The van der Waals surface area contributed by atoms with Crippen molar-refractivity contribution in [1.29, 1.82) is 0 Å². The van der Waals surface area contributed by atoms with Crippen molar-refractivity contribution in [3.05, 3.63) is 0 Å². The third kappa shape index (κ3) is 4.18. The predicted molar refractivity (Wildman–Crippen MR) is 63.9 cm³/mol. The highest BCUT2D eigenvalue weighted by Gasteiger charge is 2.32. The lowest BCUT2D eigenvalue weighted by molar-refractivity contribution is 0.199. The lowest BCUT2D eigenvalue weighted by Gasteiger charge is -2.38. The Labute approximate surface area is 93.6 Å². The maximum Gasteiger partial charge on any atom is 0.0356 e. The Morgan fingerprint density at radius 2 is 2.00 bits per heavy atom. The number of nitrogens with one attached hydrogen (secondary N) is 1. The highest BCUT2D eigenvalue weighted by Crippen LogP contribution is 2.37. The minimum absolute atomic E-state index is 0.364. The molecule has 0 amide bonds. The second-order valence-corrected chi connectivity index (χ2v) is 6.52. The van der Waals surface area contributed by atoms with Crippen molar-refractivity contribution >= 4 is 11.6 Å². The van der Waals surface area contributed by atoms with E-state index in [-0.39, 0.29) is 0 Å². The molecule has 1 rings (SSSR count). The standard InChI is InChI=1S/C12H24ClN/c1-9(2)8-14-11-5-10(13)6-12(3,4)7-11/h9-11,14H,5-8H2,1-4H3. The van der Waals surface area contributed by atoms with Gasteiger partial charge in [0, 0.05) is 11.4 Å². The quantitative estimate of drug-likeness (QED) is 0.715. The normalized spacial score (nSPS) is 32.1. The monoisotopic (exact) mass is 217 g/mol. The fourth-order valence-corrected chi connectivity index (χ4v) is 3.02. The topological polar surface area (TPSA) is 12.0 Å². The molecule has 1 nitrogen and oxygen atoms in total. The lowest BCUT2D eigenvalue weighted by atomic mass is 9.75. The van der Waals surface area contributed by atoms with Gasteiger partial charge in [0.2, 0.25) is 0 Å². The van der Waals surface area contributed by atoms with Crippen LogP contribution in [0.3, 0.4) is 0 Å². The van der Waals surface area contributed by atoms with E-state index in [9.17, 15) is 0 Å². The Bertz CT molecular complexity index is 177. The van der Waals surface area contributed by atoms with E-state index < -0.39 is 0 Å². The molecule has 2 heteroatoms. The molecule has 0 spiro atoms. The fraction of sp³-hybridized carbons (Fsp3) is 1.00. The minimum Gasteiger partial charge on any atom is -0.314 e. The summed E-state index contributed by atoms with van der Waals surface area (Å²) in [6.07, 6.45) is 3.56. The zero-order valence-electron chi connectivity index (χ0n) is 9.94. The van der Waals surface area contributed by atoms with Gasteiger partial charge in [0.25, 0.3) is 0 Å². The summed E-state index contributed by atoms with van der Waals surface area (Å²) in [5.74, 6) is 0.730. The summed E-state index contributed by atoms with van der Waals surface area (Å²) in [4.78, 5) is 0. The SMILES string of the molecule is CC(C)CNC1CC(Cl)CC(C)(C)C1. The van der Waals surface area contributed by atoms with Gasteiger partial charge in [-0.1, -0.05) is 27.7 Å². The van der Waals surface area contributed by atoms with Crippen LogP contribution in [0.2, 0.25) is 0 Å². The van der Waals surface area contributed by atoms with Crippen LogP contribution < -0.4 is 5.32 Å². The van der Waals surface area contributed by atoms with E-state index in [0.717, 1.165) is 25.3 Å². The minimum atomic E-state index is 0.364. The lowest BCUT2D eigenvalue weighted by Crippen LogP contribution is -2.42. The fourth-order valence-electron chi connectivity index (χ4n) is 2.38. The Morgan fingerprint density at radius 3 is 2.50 bits per heavy atom. The summed E-state index contributed by atoms with van der Waals surface area (Å²) in [7, 11) is 0. The van der Waals surface area contributed by atoms with Crippen LogP contribution in [-0.4, -0.2) is 18.0 Å². The molecule has 2 unspecified atom stereocenters. The summed E-state index contributed by atoms with van der Waals surface area (Å²) < 4.78 is 0. The Morgan fingerprint density at radius 1 is 1.36 bits per heavy atom. The Hall–Kier alpha value is 0.250. The molecule has 1 fully saturated rings. The number of alkyl halides is 1. The van der Waals surface area contributed by atoms with E-state index in [1.54, 1.807) is 0 Å². The first kappa shape index (κ1) is 12.3. The molecule has 84 valence electrons. The van der Waals surface area contributed by atoms with Crippen molar-refractivity contribution < 1.29 is 0 Å². The first-order chi connectivity index (χ1) is 6.39. The van der Waals surface area contributed by atoms with Gasteiger partial charge >= 0.3 is 0 Å². The Kier molecular flexibility index (Phi) is 4.27. The zero-order valence-corrected chi connectivity index (χ0v) is 10.7. The van der Waals surface area contributed by atoms with Crippen LogP contribution in [-0.2, 0) is 0 Å². The van der Waals surface area contributed by atoms with E-state index in [2.05, 4.69) is 33.0 Å². The highest BCUT2D eigenvalue weighted by molar-refractivity contribution is 6.20. The smallest absolute Gasteiger partial charge is 0.0356 e. The second kappa shape index (κ2) is 4.85. The molecule has 0 radical (unpaired) electrons. The van der Waals surface area contributed by atoms with Gasteiger partial charge in [-0.2, -0.15) is 0 Å². The third-order valence-corrected chi connectivity index (χ3v) is 3.26. The van der Waals surface area contributed by atoms with Crippen LogP contribution in [0.1, 0.15) is 47.0 Å². The average Bonchev–Trinajstić information content (AvgIpc) is 1.96. The molecular formula is C12H24ClN. The van der Waals surface area contributed by atoms with Crippen molar-refractivity contribution in [3.8, 4) is 0 Å². The molecule has 1 aliphatic carbocycles. The predicted octanol–water partition coefficient (Wildman–Crippen LogP) is 3.42. The summed E-state index contributed by atoms with van der Waals surface area (Å²) in [6, 6.07) is 0.628.